The number of benzene rings is 2. The van der Waals surface area contributed by atoms with Gasteiger partial charge in [0, 0.05) is 23.7 Å². The molecule has 0 spiro atoms. The molecule has 2 aromatic carbocycles. The lowest BCUT2D eigenvalue weighted by Crippen LogP contribution is -2.57. The van der Waals surface area contributed by atoms with Crippen LogP contribution in [0.2, 0.25) is 5.02 Å². The Labute approximate surface area is 188 Å². The Kier molecular flexibility index (Phi) is 7.04. The molecule has 2 amide bonds. The van der Waals surface area contributed by atoms with E-state index < -0.39 is 56.2 Å². The van der Waals surface area contributed by atoms with Crippen LogP contribution in [0.5, 0.6) is 0 Å². The number of hydrogen-bond acceptors (Lipinski definition) is 4. The van der Waals surface area contributed by atoms with Crippen molar-refractivity contribution < 1.29 is 31.9 Å². The van der Waals surface area contributed by atoms with Gasteiger partial charge >= 0.3 is 6.09 Å². The average Bonchev–Trinajstić information content (AvgIpc) is 2.72. The van der Waals surface area contributed by atoms with Gasteiger partial charge in [-0.25, -0.2) is 22.0 Å². The first kappa shape index (κ1) is 23.9. The molecule has 1 unspecified atom stereocenters. The van der Waals surface area contributed by atoms with Crippen molar-refractivity contribution in [1.29, 1.82) is 0 Å². The molecule has 1 aliphatic heterocycles. The van der Waals surface area contributed by atoms with E-state index in [9.17, 15) is 31.9 Å². The number of hydrogen-bond donors (Lipinski definition) is 2. The SMILES string of the molecule is CC(C[C@@H]1C(=O)NCCN1C(=O)O)[C@@H](c1cc(F)ccc1F)S(=O)(=O)c1ccc(Cl)cc1. The smallest absolute Gasteiger partial charge is 0.408 e. The summed E-state index contributed by atoms with van der Waals surface area (Å²) in [5.74, 6) is -3.29. The van der Waals surface area contributed by atoms with E-state index in [1.165, 1.54) is 31.2 Å². The number of carbonyl (C=O) groups is 2. The molecule has 3 rings (SSSR count). The molecule has 0 saturated carbocycles. The Hall–Kier alpha value is -2.72. The lowest BCUT2D eigenvalue weighted by atomic mass is 9.91. The summed E-state index contributed by atoms with van der Waals surface area (Å²) in [6, 6.07) is 6.57. The van der Waals surface area contributed by atoms with Gasteiger partial charge in [0.05, 0.1) is 10.1 Å². The van der Waals surface area contributed by atoms with E-state index in [4.69, 9.17) is 11.6 Å². The Morgan fingerprint density at radius 2 is 1.91 bits per heavy atom. The normalized spacial score (nSPS) is 18.7. The largest absolute Gasteiger partial charge is 0.465 e. The monoisotopic (exact) mass is 486 g/mol. The minimum absolute atomic E-state index is 0.0292. The number of piperazine rings is 1. The summed E-state index contributed by atoms with van der Waals surface area (Å²) in [4.78, 5) is 24.7. The van der Waals surface area contributed by atoms with Crippen LogP contribution in [0.4, 0.5) is 13.6 Å². The van der Waals surface area contributed by atoms with Crippen molar-refractivity contribution in [2.75, 3.05) is 13.1 Å². The number of nitrogens with one attached hydrogen (secondary N) is 1. The van der Waals surface area contributed by atoms with E-state index >= 15 is 0 Å². The van der Waals surface area contributed by atoms with E-state index in [0.29, 0.717) is 5.02 Å². The molecule has 11 heteroatoms. The maximum atomic E-state index is 14.7. The van der Waals surface area contributed by atoms with Crippen molar-refractivity contribution in [3.05, 3.63) is 64.7 Å². The van der Waals surface area contributed by atoms with Crippen molar-refractivity contribution in [1.82, 2.24) is 10.2 Å². The number of halogens is 3. The van der Waals surface area contributed by atoms with Gasteiger partial charge in [0.25, 0.3) is 0 Å². The topological polar surface area (TPSA) is 104 Å². The molecule has 0 aliphatic carbocycles. The summed E-state index contributed by atoms with van der Waals surface area (Å²) in [5, 5.41) is 10.7. The van der Waals surface area contributed by atoms with Crippen LogP contribution in [0.25, 0.3) is 0 Å². The minimum atomic E-state index is -4.28. The number of amides is 2. The van der Waals surface area contributed by atoms with Crippen molar-refractivity contribution in [2.24, 2.45) is 5.92 Å². The van der Waals surface area contributed by atoms with Crippen LogP contribution in [-0.2, 0) is 14.6 Å². The second kappa shape index (κ2) is 9.41. The van der Waals surface area contributed by atoms with Gasteiger partial charge in [-0.3, -0.25) is 9.69 Å². The zero-order valence-corrected chi connectivity index (χ0v) is 18.5. The highest BCUT2D eigenvalue weighted by atomic mass is 35.5. The molecule has 32 heavy (non-hydrogen) atoms. The van der Waals surface area contributed by atoms with Crippen LogP contribution >= 0.6 is 11.6 Å². The maximum absolute atomic E-state index is 14.7. The van der Waals surface area contributed by atoms with Crippen LogP contribution < -0.4 is 5.32 Å². The molecule has 0 bridgehead atoms. The van der Waals surface area contributed by atoms with Gasteiger partial charge in [0.15, 0.2) is 9.84 Å². The van der Waals surface area contributed by atoms with Gasteiger partial charge in [-0.1, -0.05) is 18.5 Å². The van der Waals surface area contributed by atoms with Crippen LogP contribution in [0.3, 0.4) is 0 Å². The van der Waals surface area contributed by atoms with Crippen LogP contribution in [0.1, 0.15) is 24.2 Å². The number of sulfone groups is 1. The molecule has 2 N–H and O–H groups in total. The zero-order chi connectivity index (χ0) is 23.6. The number of rotatable bonds is 6. The fourth-order valence-corrected chi connectivity index (χ4v) is 6.11. The van der Waals surface area contributed by atoms with Gasteiger partial charge < -0.3 is 10.4 Å². The standard InChI is InChI=1S/C21H21ClF2N2O5S/c1-12(10-18-20(27)25-8-9-26(18)21(28)29)19(16-11-14(23)4-7-17(16)24)32(30,31)15-5-2-13(22)3-6-15/h2-7,11-12,18-19H,8-10H2,1H3,(H,25,27)(H,28,29)/t12?,18-,19+/m1/s1. The number of carboxylic acid groups (broad SMARTS) is 1. The zero-order valence-electron chi connectivity index (χ0n) is 17.0. The Morgan fingerprint density at radius 3 is 2.53 bits per heavy atom. The van der Waals surface area contributed by atoms with Gasteiger partial charge in [0.2, 0.25) is 5.91 Å². The van der Waals surface area contributed by atoms with Crippen molar-refractivity contribution in [3.63, 3.8) is 0 Å². The molecule has 1 saturated heterocycles. The predicted octanol–water partition coefficient (Wildman–Crippen LogP) is 3.64. The average molecular weight is 487 g/mol. The Bertz CT molecular complexity index is 1130. The first-order valence-electron chi connectivity index (χ1n) is 9.74. The fraction of sp³-hybridized carbons (Fsp3) is 0.333. The Balaban J connectivity index is 2.08. The van der Waals surface area contributed by atoms with Crippen LogP contribution in [0, 0.1) is 17.6 Å². The second-order valence-corrected chi connectivity index (χ2v) is 10.1. The van der Waals surface area contributed by atoms with Crippen LogP contribution in [0.15, 0.2) is 47.4 Å². The lowest BCUT2D eigenvalue weighted by Gasteiger charge is -2.36. The molecular formula is C21H21ClF2N2O5S. The fourth-order valence-electron chi connectivity index (χ4n) is 3.94. The Morgan fingerprint density at radius 1 is 1.25 bits per heavy atom. The lowest BCUT2D eigenvalue weighted by molar-refractivity contribution is -0.128. The van der Waals surface area contributed by atoms with Gasteiger partial charge in [-0.15, -0.1) is 0 Å². The maximum Gasteiger partial charge on any atom is 0.408 e. The van der Waals surface area contributed by atoms with Gasteiger partial charge in [0.1, 0.15) is 17.7 Å². The van der Waals surface area contributed by atoms with Gasteiger partial charge in [-0.2, -0.15) is 0 Å². The second-order valence-electron chi connectivity index (χ2n) is 7.58. The van der Waals surface area contributed by atoms with Crippen molar-refractivity contribution in [2.45, 2.75) is 29.5 Å². The van der Waals surface area contributed by atoms with E-state index in [1.807, 2.05) is 0 Å². The molecule has 1 heterocycles. The third-order valence-electron chi connectivity index (χ3n) is 5.43. The van der Waals surface area contributed by atoms with Crippen LogP contribution in [-0.4, -0.2) is 49.6 Å². The molecule has 1 fully saturated rings. The van der Waals surface area contributed by atoms with E-state index in [-0.39, 0.29) is 24.4 Å². The van der Waals surface area contributed by atoms with Crippen molar-refractivity contribution in [3.8, 4) is 0 Å². The quantitative estimate of drug-likeness (QED) is 0.648. The molecule has 2 aromatic rings. The van der Waals surface area contributed by atoms with Gasteiger partial charge in [-0.05, 0) is 54.8 Å². The highest BCUT2D eigenvalue weighted by molar-refractivity contribution is 7.91. The summed E-state index contributed by atoms with van der Waals surface area (Å²) < 4.78 is 55.7. The highest BCUT2D eigenvalue weighted by Gasteiger charge is 2.41. The van der Waals surface area contributed by atoms with Crippen molar-refractivity contribution >= 4 is 33.4 Å². The first-order valence-corrected chi connectivity index (χ1v) is 11.7. The molecule has 0 radical (unpaired) electrons. The van der Waals surface area contributed by atoms with E-state index in [2.05, 4.69) is 5.32 Å². The summed E-state index contributed by atoms with van der Waals surface area (Å²) in [6.45, 7) is 1.62. The highest BCUT2D eigenvalue weighted by Crippen LogP contribution is 2.39. The summed E-state index contributed by atoms with van der Waals surface area (Å²) in [5.41, 5.74) is -0.398. The molecule has 172 valence electrons. The van der Waals surface area contributed by atoms with E-state index in [1.54, 1.807) is 0 Å². The third kappa shape index (κ3) is 4.86. The third-order valence-corrected chi connectivity index (χ3v) is 8.00. The summed E-state index contributed by atoms with van der Waals surface area (Å²) in [6.07, 6.45) is -1.54. The molecule has 0 aromatic heterocycles. The van der Waals surface area contributed by atoms with E-state index in [0.717, 1.165) is 23.1 Å². The minimum Gasteiger partial charge on any atom is -0.465 e. The molecule has 7 nitrogen and oxygen atoms in total. The molecule has 1 aliphatic rings. The number of carbonyl (C=O) groups excluding carboxylic acids is 1. The molecule has 3 atom stereocenters. The first-order chi connectivity index (χ1) is 15.0. The molecular weight excluding hydrogens is 466 g/mol. The summed E-state index contributed by atoms with van der Waals surface area (Å²) >= 11 is 5.85. The summed E-state index contributed by atoms with van der Waals surface area (Å²) in [7, 11) is -4.28. The predicted molar refractivity (Wildman–Crippen MR) is 113 cm³/mol. The number of nitrogens with zero attached hydrogens (tertiary/aromatic N) is 1.